The molecule has 49 heavy (non-hydrogen) atoms. The molecule has 0 saturated heterocycles. The van der Waals surface area contributed by atoms with Crippen molar-refractivity contribution in [3.8, 4) is 11.5 Å². The zero-order valence-electron chi connectivity index (χ0n) is 30.5. The molecule has 1 N–H and O–H groups in total. The highest BCUT2D eigenvalue weighted by Gasteiger charge is 2.63. The third kappa shape index (κ3) is 10.0. The fraction of sp³-hybridized carbons (Fsp3) is 0.595. The number of benzene rings is 2. The van der Waals surface area contributed by atoms with E-state index in [1.54, 1.807) is 17.0 Å². The number of aryl methyl sites for hydroxylation is 1. The number of alkyl halides is 2. The van der Waals surface area contributed by atoms with Crippen molar-refractivity contribution >= 4 is 26.1 Å². The molecule has 0 aromatic heterocycles. The van der Waals surface area contributed by atoms with Crippen molar-refractivity contribution in [3.63, 3.8) is 0 Å². The van der Waals surface area contributed by atoms with Gasteiger partial charge in [0, 0.05) is 19.4 Å². The average molecular weight is 705 g/mol. The number of Topliss-reactive ketones (excluding diaryl/α,β-unsaturated/α-hetero) is 1. The third-order valence-electron chi connectivity index (χ3n) is 9.47. The standard InChI is InChI=1S/C37H54F2N2O7Si/c1-10-46-30-21-28(22-31(47-11-2)32(30)26(3)42)29(23-48-49(8,9)35(4,5)6)41(20-16-15-19-27-17-13-12-14-18-27)34(44)40-36(33(43)45-7)24-37(38,39)25-36/h12-14,17-18,21-22,29H,10-11,15-16,19-20,23-25H2,1-9H3,(H,40,44). The van der Waals surface area contributed by atoms with Crippen molar-refractivity contribution < 1.29 is 41.8 Å². The summed E-state index contributed by atoms with van der Waals surface area (Å²) in [7, 11) is -1.27. The summed E-state index contributed by atoms with van der Waals surface area (Å²) < 4.78 is 52.0. The number of ketones is 1. The number of carbonyl (C=O) groups is 3. The van der Waals surface area contributed by atoms with Crippen molar-refractivity contribution in [2.75, 3.05) is 33.5 Å². The summed E-state index contributed by atoms with van der Waals surface area (Å²) in [6.07, 6.45) is 0.364. The van der Waals surface area contributed by atoms with Crippen LogP contribution in [0.15, 0.2) is 42.5 Å². The maximum Gasteiger partial charge on any atom is 0.332 e. The molecule has 1 aliphatic carbocycles. The number of rotatable bonds is 17. The van der Waals surface area contributed by atoms with E-state index >= 15 is 0 Å². The van der Waals surface area contributed by atoms with Gasteiger partial charge in [0.2, 0.25) is 0 Å². The molecule has 3 rings (SSSR count). The van der Waals surface area contributed by atoms with Crippen LogP contribution < -0.4 is 14.8 Å². The summed E-state index contributed by atoms with van der Waals surface area (Å²) in [6, 6.07) is 12.0. The van der Waals surface area contributed by atoms with Gasteiger partial charge in [-0.25, -0.2) is 18.4 Å². The summed E-state index contributed by atoms with van der Waals surface area (Å²) in [5.41, 5.74) is 0.158. The Morgan fingerprint density at radius 3 is 2.02 bits per heavy atom. The summed E-state index contributed by atoms with van der Waals surface area (Å²) in [5, 5.41) is 2.50. The minimum atomic E-state index is -3.12. The molecule has 1 fully saturated rings. The van der Waals surface area contributed by atoms with Crippen molar-refractivity contribution in [1.29, 1.82) is 0 Å². The number of halogens is 2. The Labute approximate surface area is 291 Å². The van der Waals surface area contributed by atoms with Gasteiger partial charge < -0.3 is 28.9 Å². The second-order valence-electron chi connectivity index (χ2n) is 14.3. The molecule has 0 radical (unpaired) electrons. The lowest BCUT2D eigenvalue weighted by molar-refractivity contribution is -0.178. The van der Waals surface area contributed by atoms with Crippen LogP contribution in [0.25, 0.3) is 0 Å². The van der Waals surface area contributed by atoms with Crippen molar-refractivity contribution in [2.24, 2.45) is 0 Å². The van der Waals surface area contributed by atoms with E-state index in [9.17, 15) is 23.2 Å². The lowest BCUT2D eigenvalue weighted by atomic mass is 9.73. The smallest absolute Gasteiger partial charge is 0.332 e. The monoisotopic (exact) mass is 704 g/mol. The van der Waals surface area contributed by atoms with Crippen molar-refractivity contribution in [3.05, 3.63) is 59.2 Å². The number of amides is 2. The first kappa shape index (κ1) is 39.9. The van der Waals surface area contributed by atoms with E-state index in [0.29, 0.717) is 23.5 Å². The first-order valence-corrected chi connectivity index (χ1v) is 20.0. The SMILES string of the molecule is CCOc1cc(C(CO[Si](C)(C)C(C)(C)C)N(CCCCc2ccccc2)C(=O)NC2(C(=O)OC)CC(F)(F)C2)cc(OCC)c1C(C)=O. The third-order valence-corrected chi connectivity index (χ3v) is 14.0. The highest BCUT2D eigenvalue weighted by atomic mass is 28.4. The van der Waals surface area contributed by atoms with Gasteiger partial charge in [-0.3, -0.25) is 4.79 Å². The zero-order chi connectivity index (χ0) is 36.6. The molecule has 1 unspecified atom stereocenters. The van der Waals surface area contributed by atoms with Crippen molar-refractivity contribution in [1.82, 2.24) is 10.2 Å². The number of carbonyl (C=O) groups excluding carboxylic acids is 3. The summed E-state index contributed by atoms with van der Waals surface area (Å²) in [6.45, 7) is 16.4. The predicted molar refractivity (Wildman–Crippen MR) is 188 cm³/mol. The molecule has 1 atom stereocenters. The molecule has 0 aliphatic heterocycles. The van der Waals surface area contributed by atoms with Gasteiger partial charge in [0.1, 0.15) is 17.1 Å². The van der Waals surface area contributed by atoms with Crippen LogP contribution in [-0.4, -0.2) is 75.9 Å². The van der Waals surface area contributed by atoms with E-state index in [-0.39, 0.29) is 42.8 Å². The minimum absolute atomic E-state index is 0.0700. The van der Waals surface area contributed by atoms with Gasteiger partial charge in [-0.1, -0.05) is 51.1 Å². The minimum Gasteiger partial charge on any atom is -0.493 e. The van der Waals surface area contributed by atoms with Gasteiger partial charge >= 0.3 is 12.0 Å². The van der Waals surface area contributed by atoms with E-state index in [2.05, 4.69) is 39.2 Å². The lowest BCUT2D eigenvalue weighted by Crippen LogP contribution is -2.68. The maximum absolute atomic E-state index is 14.4. The van der Waals surface area contributed by atoms with E-state index in [1.807, 2.05) is 44.2 Å². The number of nitrogens with zero attached hydrogens (tertiary/aromatic N) is 1. The maximum atomic E-state index is 14.4. The normalized spacial score (nSPS) is 15.8. The molecule has 0 bridgehead atoms. The Bertz CT molecular complexity index is 1410. The summed E-state index contributed by atoms with van der Waals surface area (Å²) in [5.74, 6) is -3.67. The van der Waals surface area contributed by atoms with Crippen molar-refractivity contribution in [2.45, 2.75) is 109 Å². The van der Waals surface area contributed by atoms with E-state index in [0.717, 1.165) is 25.5 Å². The largest absolute Gasteiger partial charge is 0.493 e. The van der Waals surface area contributed by atoms with Gasteiger partial charge in [0.25, 0.3) is 5.92 Å². The number of methoxy groups -OCH3 is 1. The fourth-order valence-electron chi connectivity index (χ4n) is 5.80. The first-order chi connectivity index (χ1) is 22.9. The van der Waals surface area contributed by atoms with Crippen LogP contribution in [0, 0.1) is 0 Å². The van der Waals surface area contributed by atoms with Gasteiger partial charge in [-0.05, 0) is 81.4 Å². The Kier molecular flexibility index (Phi) is 13.4. The molecule has 2 aromatic rings. The van der Waals surface area contributed by atoms with Gasteiger partial charge in [-0.2, -0.15) is 0 Å². The Morgan fingerprint density at radius 1 is 0.980 bits per heavy atom. The van der Waals surface area contributed by atoms with Gasteiger partial charge in [0.15, 0.2) is 19.6 Å². The summed E-state index contributed by atoms with van der Waals surface area (Å²) >= 11 is 0. The quantitative estimate of drug-likeness (QED) is 0.0768. The number of unbranched alkanes of at least 4 members (excludes halogenated alkanes) is 1. The highest BCUT2D eigenvalue weighted by molar-refractivity contribution is 6.74. The van der Waals surface area contributed by atoms with Crippen LogP contribution in [0.1, 0.15) is 94.8 Å². The highest BCUT2D eigenvalue weighted by Crippen LogP contribution is 2.47. The van der Waals surface area contributed by atoms with E-state index in [1.165, 1.54) is 6.92 Å². The van der Waals surface area contributed by atoms with Crippen LogP contribution in [0.3, 0.4) is 0 Å². The molecular formula is C37H54F2N2O7Si. The molecule has 9 nitrogen and oxygen atoms in total. The van der Waals surface area contributed by atoms with Crippen LogP contribution in [0.2, 0.25) is 18.1 Å². The molecular weight excluding hydrogens is 650 g/mol. The second-order valence-corrected chi connectivity index (χ2v) is 19.1. The van der Waals surface area contributed by atoms with Crippen LogP contribution in [-0.2, 0) is 20.4 Å². The molecule has 2 aromatic carbocycles. The van der Waals surface area contributed by atoms with E-state index in [4.69, 9.17) is 18.6 Å². The molecule has 0 spiro atoms. The second kappa shape index (κ2) is 16.5. The van der Waals surface area contributed by atoms with E-state index < -0.39 is 50.7 Å². The lowest BCUT2D eigenvalue weighted by Gasteiger charge is -2.46. The molecule has 2 amide bonds. The fourth-order valence-corrected chi connectivity index (χ4v) is 6.81. The molecule has 272 valence electrons. The molecule has 0 heterocycles. The molecule has 12 heteroatoms. The number of esters is 1. The van der Waals surface area contributed by atoms with Crippen LogP contribution in [0.5, 0.6) is 11.5 Å². The number of ether oxygens (including phenoxy) is 3. The Morgan fingerprint density at radius 2 is 1.55 bits per heavy atom. The van der Waals surface area contributed by atoms with Gasteiger partial charge in [0.05, 0.1) is 33.0 Å². The van der Waals surface area contributed by atoms with Crippen LogP contribution >= 0.6 is 0 Å². The topological polar surface area (TPSA) is 103 Å². The zero-order valence-corrected chi connectivity index (χ0v) is 31.5. The average Bonchev–Trinajstić information content (AvgIpc) is 3.00. The predicted octanol–water partition coefficient (Wildman–Crippen LogP) is 8.12. The summed E-state index contributed by atoms with van der Waals surface area (Å²) in [4.78, 5) is 41.6. The molecule has 1 saturated carbocycles. The Balaban J connectivity index is 2.14. The number of urea groups is 1. The first-order valence-electron chi connectivity index (χ1n) is 17.1. The molecule has 1 aliphatic rings. The number of nitrogens with one attached hydrogen (secondary N) is 1. The number of hydrogen-bond donors (Lipinski definition) is 1. The number of hydrogen-bond acceptors (Lipinski definition) is 7. The van der Waals surface area contributed by atoms with Crippen LogP contribution in [0.4, 0.5) is 13.6 Å². The Hall–Kier alpha value is -3.51. The van der Waals surface area contributed by atoms with Gasteiger partial charge in [-0.15, -0.1) is 0 Å².